The van der Waals surface area contributed by atoms with Crippen LogP contribution in [0.2, 0.25) is 0 Å². The van der Waals surface area contributed by atoms with Crippen molar-refractivity contribution in [3.05, 3.63) is 42.0 Å². The van der Waals surface area contributed by atoms with Gasteiger partial charge in [0.15, 0.2) is 0 Å². The fourth-order valence-electron chi connectivity index (χ4n) is 4.11. The summed E-state index contributed by atoms with van der Waals surface area (Å²) >= 11 is 0. The Morgan fingerprint density at radius 2 is 1.74 bits per heavy atom. The summed E-state index contributed by atoms with van der Waals surface area (Å²) < 4.78 is 0. The first-order valence-electron chi connectivity index (χ1n) is 10.8. The minimum atomic E-state index is 0.108. The van der Waals surface area contributed by atoms with Gasteiger partial charge in [-0.25, -0.2) is 4.79 Å². The Balaban J connectivity index is 1.54. The van der Waals surface area contributed by atoms with Gasteiger partial charge in [-0.2, -0.15) is 0 Å². The van der Waals surface area contributed by atoms with Crippen LogP contribution in [0.1, 0.15) is 56.9 Å². The Morgan fingerprint density at radius 3 is 2.48 bits per heavy atom. The van der Waals surface area contributed by atoms with Crippen molar-refractivity contribution in [2.75, 3.05) is 32.7 Å². The number of amides is 2. The maximum absolute atomic E-state index is 12.9. The number of nitrogens with zero attached hydrogens (tertiary/aromatic N) is 2. The van der Waals surface area contributed by atoms with E-state index < -0.39 is 0 Å². The van der Waals surface area contributed by atoms with Gasteiger partial charge in [0, 0.05) is 25.7 Å². The molecule has 4 nitrogen and oxygen atoms in total. The molecule has 1 N–H and O–H groups in total. The highest BCUT2D eigenvalue weighted by molar-refractivity contribution is 5.75. The molecule has 27 heavy (non-hydrogen) atoms. The van der Waals surface area contributed by atoms with Crippen molar-refractivity contribution in [1.29, 1.82) is 0 Å². The quantitative estimate of drug-likeness (QED) is 0.766. The summed E-state index contributed by atoms with van der Waals surface area (Å²) in [5, 5.41) is 3.29. The smallest absolute Gasteiger partial charge is 0.317 e. The van der Waals surface area contributed by atoms with Crippen molar-refractivity contribution in [2.45, 2.75) is 57.4 Å². The first kappa shape index (κ1) is 19.9. The van der Waals surface area contributed by atoms with Crippen LogP contribution in [0.15, 0.2) is 36.4 Å². The first-order chi connectivity index (χ1) is 13.3. The van der Waals surface area contributed by atoms with E-state index in [2.05, 4.69) is 34.5 Å². The Hall–Kier alpha value is -1.81. The van der Waals surface area contributed by atoms with Crippen molar-refractivity contribution >= 4 is 12.1 Å². The zero-order valence-corrected chi connectivity index (χ0v) is 16.6. The van der Waals surface area contributed by atoms with Crippen LogP contribution in [0.5, 0.6) is 0 Å². The number of carbonyl (C=O) groups excluding carboxylic acids is 1. The summed E-state index contributed by atoms with van der Waals surface area (Å²) in [6.07, 6.45) is 14.2. The van der Waals surface area contributed by atoms with Gasteiger partial charge in [0.2, 0.25) is 0 Å². The van der Waals surface area contributed by atoms with Crippen molar-refractivity contribution in [1.82, 2.24) is 15.1 Å². The fourth-order valence-corrected chi connectivity index (χ4v) is 4.11. The lowest BCUT2D eigenvalue weighted by molar-refractivity contribution is 0.173. The minimum absolute atomic E-state index is 0.108. The van der Waals surface area contributed by atoms with Gasteiger partial charge in [-0.05, 0) is 44.3 Å². The van der Waals surface area contributed by atoms with E-state index in [0.717, 1.165) is 25.9 Å². The number of hydrogen-bond donors (Lipinski definition) is 1. The molecule has 2 amide bonds. The molecule has 1 heterocycles. The number of carbonyl (C=O) groups is 1. The maximum atomic E-state index is 12.9. The summed E-state index contributed by atoms with van der Waals surface area (Å²) in [6, 6.07) is 10.8. The Kier molecular flexibility index (Phi) is 8.22. The molecule has 0 spiro atoms. The average molecular weight is 370 g/mol. The Labute approximate surface area is 164 Å². The van der Waals surface area contributed by atoms with Crippen molar-refractivity contribution in [3.8, 4) is 0 Å². The summed E-state index contributed by atoms with van der Waals surface area (Å²) in [4.78, 5) is 17.4. The average Bonchev–Trinajstić information content (AvgIpc) is 2.72. The number of benzene rings is 1. The topological polar surface area (TPSA) is 35.6 Å². The second-order valence-electron chi connectivity index (χ2n) is 7.95. The normalized spacial score (nSPS) is 19.3. The molecule has 1 aliphatic heterocycles. The molecule has 1 aliphatic carbocycles. The predicted molar refractivity (Wildman–Crippen MR) is 113 cm³/mol. The summed E-state index contributed by atoms with van der Waals surface area (Å²) in [5.74, 6) is 0. The monoisotopic (exact) mass is 369 g/mol. The lowest BCUT2D eigenvalue weighted by atomic mass is 9.96. The van der Waals surface area contributed by atoms with Crippen LogP contribution in [-0.4, -0.2) is 54.6 Å². The molecule has 3 rings (SSSR count). The zero-order valence-electron chi connectivity index (χ0n) is 16.6. The molecule has 4 heteroatoms. The van der Waals surface area contributed by atoms with E-state index in [1.54, 1.807) is 0 Å². The number of piperidine rings is 1. The second-order valence-corrected chi connectivity index (χ2v) is 7.95. The third-order valence-electron chi connectivity index (χ3n) is 5.79. The van der Waals surface area contributed by atoms with Crippen LogP contribution in [-0.2, 0) is 0 Å². The molecule has 0 unspecified atom stereocenters. The van der Waals surface area contributed by atoms with Crippen LogP contribution < -0.4 is 5.32 Å². The SMILES string of the molecule is O=C(NC1CCCCC1)N(C/C=C/c1ccccc1)CCN1CCCCC1. The molecule has 0 aromatic heterocycles. The van der Waals surface area contributed by atoms with Gasteiger partial charge in [-0.3, -0.25) is 0 Å². The van der Waals surface area contributed by atoms with Crippen molar-refractivity contribution in [3.63, 3.8) is 0 Å². The van der Waals surface area contributed by atoms with Crippen LogP contribution in [0.25, 0.3) is 6.08 Å². The van der Waals surface area contributed by atoms with E-state index in [9.17, 15) is 4.79 Å². The maximum Gasteiger partial charge on any atom is 0.317 e. The highest BCUT2D eigenvalue weighted by Crippen LogP contribution is 2.17. The van der Waals surface area contributed by atoms with Gasteiger partial charge in [0.1, 0.15) is 0 Å². The molecule has 0 radical (unpaired) electrons. The Bertz CT molecular complexity index is 575. The molecule has 2 fully saturated rings. The number of rotatable bonds is 7. The second kappa shape index (κ2) is 11.1. The molecule has 0 atom stereocenters. The minimum Gasteiger partial charge on any atom is -0.335 e. The van der Waals surface area contributed by atoms with Crippen molar-refractivity contribution in [2.24, 2.45) is 0 Å². The highest BCUT2D eigenvalue weighted by Gasteiger charge is 2.20. The van der Waals surface area contributed by atoms with Crippen LogP contribution >= 0.6 is 0 Å². The van der Waals surface area contributed by atoms with E-state index in [0.29, 0.717) is 12.6 Å². The first-order valence-corrected chi connectivity index (χ1v) is 10.8. The van der Waals surface area contributed by atoms with Crippen molar-refractivity contribution < 1.29 is 4.79 Å². The van der Waals surface area contributed by atoms with Gasteiger partial charge in [0.25, 0.3) is 0 Å². The molecule has 1 aromatic rings. The van der Waals surface area contributed by atoms with Gasteiger partial charge in [-0.1, -0.05) is 68.2 Å². The highest BCUT2D eigenvalue weighted by atomic mass is 16.2. The number of nitrogens with one attached hydrogen (secondary N) is 1. The molecule has 1 saturated heterocycles. The lowest BCUT2D eigenvalue weighted by Crippen LogP contribution is -2.48. The van der Waals surface area contributed by atoms with E-state index in [1.165, 1.54) is 57.2 Å². The van der Waals surface area contributed by atoms with Gasteiger partial charge in [-0.15, -0.1) is 0 Å². The molecule has 1 saturated carbocycles. The predicted octanol–water partition coefficient (Wildman–Crippen LogP) is 4.53. The molecular weight excluding hydrogens is 334 g/mol. The number of likely N-dealkylation sites (tertiary alicyclic amines) is 1. The summed E-state index contributed by atoms with van der Waals surface area (Å²) in [7, 11) is 0. The fraction of sp³-hybridized carbons (Fsp3) is 0.609. The van der Waals surface area contributed by atoms with Crippen LogP contribution in [0, 0.1) is 0 Å². The van der Waals surface area contributed by atoms with Gasteiger partial charge in [0.05, 0.1) is 0 Å². The van der Waals surface area contributed by atoms with E-state index in [1.807, 2.05) is 23.1 Å². The van der Waals surface area contributed by atoms with Gasteiger partial charge >= 0.3 is 6.03 Å². The van der Waals surface area contributed by atoms with Crippen LogP contribution in [0.3, 0.4) is 0 Å². The summed E-state index contributed by atoms with van der Waals surface area (Å²) in [5.41, 5.74) is 1.18. The zero-order chi connectivity index (χ0) is 18.7. The lowest BCUT2D eigenvalue weighted by Gasteiger charge is -2.31. The van der Waals surface area contributed by atoms with Crippen LogP contribution in [0.4, 0.5) is 4.79 Å². The van der Waals surface area contributed by atoms with E-state index in [-0.39, 0.29) is 6.03 Å². The molecule has 2 aliphatic rings. The standard InChI is InChI=1S/C23H35N3O/c27-23(24-22-14-6-2-7-15-22)26(20-19-25-16-8-3-9-17-25)18-10-13-21-11-4-1-5-12-21/h1,4-5,10-13,22H,2-3,6-9,14-20H2,(H,24,27)/b13-10+. The number of hydrogen-bond acceptors (Lipinski definition) is 2. The molecular formula is C23H35N3O. The van der Waals surface area contributed by atoms with E-state index in [4.69, 9.17) is 0 Å². The third kappa shape index (κ3) is 7.02. The Morgan fingerprint density at radius 1 is 1.04 bits per heavy atom. The van der Waals surface area contributed by atoms with Gasteiger partial charge < -0.3 is 15.1 Å². The van der Waals surface area contributed by atoms with E-state index >= 15 is 0 Å². The number of urea groups is 1. The molecule has 148 valence electrons. The molecule has 1 aromatic carbocycles. The summed E-state index contributed by atoms with van der Waals surface area (Å²) in [6.45, 7) is 4.81. The molecule has 0 bridgehead atoms. The third-order valence-corrected chi connectivity index (χ3v) is 5.79. The largest absolute Gasteiger partial charge is 0.335 e.